The number of aliphatic hydroxyl groups excluding tert-OH is 1. The van der Waals surface area contributed by atoms with Gasteiger partial charge in [0.25, 0.3) is 10.0 Å². The van der Waals surface area contributed by atoms with E-state index in [0.29, 0.717) is 24.2 Å². The molecule has 1 aliphatic rings. The molecule has 2 aromatic rings. The topological polar surface area (TPSA) is 106 Å². The monoisotopic (exact) mass is 470 g/mol. The van der Waals surface area contributed by atoms with Crippen molar-refractivity contribution in [3.05, 3.63) is 65.1 Å². The fourth-order valence-electron chi connectivity index (χ4n) is 3.24. The fourth-order valence-corrected chi connectivity index (χ4v) is 4.22. The second kappa shape index (κ2) is 9.19. The molecule has 0 radical (unpaired) electrons. The number of cyclic esters (lactones) is 1. The van der Waals surface area contributed by atoms with Crippen LogP contribution in [0.5, 0.6) is 0 Å². The summed E-state index contributed by atoms with van der Waals surface area (Å²) < 4.78 is 70.5. The number of hydrogen-bond acceptors (Lipinski definition) is 6. The Morgan fingerprint density at radius 1 is 1.25 bits per heavy atom. The maximum Gasteiger partial charge on any atom is 0.417 e. The van der Waals surface area contributed by atoms with Crippen LogP contribution in [0.15, 0.2) is 59.0 Å². The van der Waals surface area contributed by atoms with Crippen LogP contribution < -0.4 is 4.72 Å². The molecule has 0 fully saturated rings. The second-order valence-corrected chi connectivity index (χ2v) is 8.94. The maximum atomic E-state index is 12.7. The summed E-state index contributed by atoms with van der Waals surface area (Å²) in [6.07, 6.45) is -2.87. The Morgan fingerprint density at radius 3 is 2.59 bits per heavy atom. The van der Waals surface area contributed by atoms with Gasteiger partial charge in [-0.2, -0.15) is 21.6 Å². The average Bonchev–Trinajstić information content (AvgIpc) is 2.70. The van der Waals surface area contributed by atoms with Crippen LogP contribution in [0.25, 0.3) is 0 Å². The number of aliphatic hydroxyl groups is 1. The van der Waals surface area contributed by atoms with Crippen molar-refractivity contribution in [1.82, 2.24) is 4.98 Å². The zero-order valence-electron chi connectivity index (χ0n) is 17.0. The third-order valence-electron chi connectivity index (χ3n) is 4.80. The smallest absolute Gasteiger partial charge is 0.417 e. The minimum Gasteiger partial charge on any atom is -0.512 e. The molecule has 3 rings (SSSR count). The highest BCUT2D eigenvalue weighted by molar-refractivity contribution is 7.92. The van der Waals surface area contributed by atoms with Gasteiger partial charge in [0, 0.05) is 24.7 Å². The van der Waals surface area contributed by atoms with Crippen molar-refractivity contribution in [2.75, 3.05) is 4.72 Å². The Balaban J connectivity index is 1.76. The molecule has 0 saturated heterocycles. The first kappa shape index (κ1) is 23.6. The van der Waals surface area contributed by atoms with Crippen LogP contribution in [0.2, 0.25) is 0 Å². The van der Waals surface area contributed by atoms with E-state index in [1.54, 1.807) is 12.1 Å². The number of nitrogens with zero attached hydrogens (tertiary/aromatic N) is 1. The molecule has 0 spiro atoms. The van der Waals surface area contributed by atoms with Crippen LogP contribution in [0.1, 0.15) is 37.3 Å². The number of hydrogen-bond donors (Lipinski definition) is 2. The Labute approximate surface area is 183 Å². The van der Waals surface area contributed by atoms with Crippen molar-refractivity contribution >= 4 is 21.7 Å². The van der Waals surface area contributed by atoms with Crippen LogP contribution in [-0.2, 0) is 32.2 Å². The number of rotatable bonds is 7. The van der Waals surface area contributed by atoms with Crippen molar-refractivity contribution in [2.45, 2.75) is 49.9 Å². The van der Waals surface area contributed by atoms with Crippen molar-refractivity contribution in [3.63, 3.8) is 0 Å². The van der Waals surface area contributed by atoms with Gasteiger partial charge in [-0.15, -0.1) is 0 Å². The van der Waals surface area contributed by atoms with E-state index >= 15 is 0 Å². The number of nitrogens with one attached hydrogen (secondary N) is 1. The molecule has 0 aliphatic carbocycles. The molecule has 0 saturated carbocycles. The zero-order valence-corrected chi connectivity index (χ0v) is 17.8. The molecule has 2 N–H and O–H groups in total. The van der Waals surface area contributed by atoms with Crippen molar-refractivity contribution in [1.29, 1.82) is 0 Å². The number of esters is 1. The summed E-state index contributed by atoms with van der Waals surface area (Å²) in [5.41, 5.74) is -0.316. The molecule has 172 valence electrons. The van der Waals surface area contributed by atoms with Gasteiger partial charge in [-0.05, 0) is 36.2 Å². The van der Waals surface area contributed by atoms with E-state index in [1.165, 1.54) is 12.1 Å². The average molecular weight is 470 g/mol. The summed E-state index contributed by atoms with van der Waals surface area (Å²) in [5, 5.41) is 9.69. The molecular weight excluding hydrogens is 449 g/mol. The summed E-state index contributed by atoms with van der Waals surface area (Å²) >= 11 is 0. The van der Waals surface area contributed by atoms with Crippen LogP contribution in [0, 0.1) is 0 Å². The lowest BCUT2D eigenvalue weighted by molar-refractivity contribution is -0.147. The van der Waals surface area contributed by atoms with Crippen LogP contribution >= 0.6 is 0 Å². The Bertz CT molecular complexity index is 1130. The zero-order chi connectivity index (χ0) is 23.5. The molecule has 1 aromatic carbocycles. The SMILES string of the molecule is CCCC1CC(O)=C(Cc2cccc(NS(=O)(=O)c3ccc(C(F)(F)F)cn3)c2)C(=O)O1. The number of carbonyl (C=O) groups is 1. The predicted octanol–water partition coefficient (Wildman–Crippen LogP) is 4.37. The first-order valence-corrected chi connectivity index (χ1v) is 11.2. The van der Waals surface area contributed by atoms with Gasteiger partial charge in [-0.1, -0.05) is 25.5 Å². The number of anilines is 1. The molecule has 1 aliphatic heterocycles. The van der Waals surface area contributed by atoms with Gasteiger partial charge in [-0.3, -0.25) is 4.72 Å². The van der Waals surface area contributed by atoms with Gasteiger partial charge in [0.05, 0.1) is 11.1 Å². The molecule has 0 bridgehead atoms. The minimum absolute atomic E-state index is 0.0254. The number of alkyl halides is 3. The predicted molar refractivity (Wildman–Crippen MR) is 109 cm³/mol. The van der Waals surface area contributed by atoms with Crippen LogP contribution in [0.4, 0.5) is 18.9 Å². The van der Waals surface area contributed by atoms with E-state index in [1.807, 2.05) is 6.92 Å². The summed E-state index contributed by atoms with van der Waals surface area (Å²) in [6, 6.07) is 7.47. The van der Waals surface area contributed by atoms with Gasteiger partial charge in [-0.25, -0.2) is 9.78 Å². The molecule has 1 unspecified atom stereocenters. The number of ether oxygens (including phenoxy) is 1. The standard InChI is InChI=1S/C21H21F3N2O5S/c1-2-4-16-11-18(27)17(20(28)31-16)10-13-5-3-6-15(9-13)26-32(29,30)19-8-7-14(12-25-19)21(22,23)24/h3,5-9,12,16,26-27H,2,4,10-11H2,1H3. The summed E-state index contributed by atoms with van der Waals surface area (Å²) in [4.78, 5) is 15.6. The summed E-state index contributed by atoms with van der Waals surface area (Å²) in [6.45, 7) is 1.94. The van der Waals surface area contributed by atoms with Gasteiger partial charge in [0.1, 0.15) is 11.9 Å². The summed E-state index contributed by atoms with van der Waals surface area (Å²) in [7, 11) is -4.24. The number of benzene rings is 1. The van der Waals surface area contributed by atoms with E-state index in [4.69, 9.17) is 4.74 Å². The lowest BCUT2D eigenvalue weighted by atomic mass is 9.98. The maximum absolute atomic E-state index is 12.7. The molecule has 1 atom stereocenters. The number of aromatic nitrogens is 1. The number of pyridine rings is 1. The van der Waals surface area contributed by atoms with E-state index in [-0.39, 0.29) is 36.0 Å². The quantitative estimate of drug-likeness (QED) is 0.582. The normalized spacial score (nSPS) is 17.2. The van der Waals surface area contributed by atoms with Gasteiger partial charge < -0.3 is 9.84 Å². The molecule has 11 heteroatoms. The van der Waals surface area contributed by atoms with Crippen LogP contribution in [0.3, 0.4) is 0 Å². The highest BCUT2D eigenvalue weighted by Gasteiger charge is 2.31. The highest BCUT2D eigenvalue weighted by atomic mass is 32.2. The highest BCUT2D eigenvalue weighted by Crippen LogP contribution is 2.29. The van der Waals surface area contributed by atoms with Crippen molar-refractivity contribution in [2.24, 2.45) is 0 Å². The molecule has 7 nitrogen and oxygen atoms in total. The molecule has 2 heterocycles. The molecule has 1 aromatic heterocycles. The Hall–Kier alpha value is -3.08. The first-order chi connectivity index (χ1) is 15.0. The second-order valence-electron chi connectivity index (χ2n) is 7.31. The first-order valence-electron chi connectivity index (χ1n) is 9.76. The molecule has 32 heavy (non-hydrogen) atoms. The van der Waals surface area contributed by atoms with E-state index in [2.05, 4.69) is 9.71 Å². The van der Waals surface area contributed by atoms with Crippen molar-refractivity contribution in [3.8, 4) is 0 Å². The van der Waals surface area contributed by atoms with Gasteiger partial charge in [0.2, 0.25) is 0 Å². The Kier molecular flexibility index (Phi) is 6.77. The van der Waals surface area contributed by atoms with Crippen molar-refractivity contribution < 1.29 is 36.2 Å². The number of sulfonamides is 1. The largest absolute Gasteiger partial charge is 0.512 e. The fraction of sp³-hybridized carbons (Fsp3) is 0.333. The lowest BCUT2D eigenvalue weighted by Gasteiger charge is -2.24. The van der Waals surface area contributed by atoms with Crippen LogP contribution in [-0.4, -0.2) is 30.6 Å². The molecule has 0 amide bonds. The minimum atomic E-state index is -4.63. The Morgan fingerprint density at radius 2 is 2.00 bits per heavy atom. The van der Waals surface area contributed by atoms with E-state index in [0.717, 1.165) is 12.5 Å². The number of halogens is 3. The van der Waals surface area contributed by atoms with Gasteiger partial charge in [0.15, 0.2) is 5.03 Å². The third-order valence-corrected chi connectivity index (χ3v) is 6.10. The third kappa shape index (κ3) is 5.58. The van der Waals surface area contributed by atoms with Gasteiger partial charge >= 0.3 is 12.1 Å². The number of carbonyl (C=O) groups excluding carboxylic acids is 1. The molecular formula is C21H21F3N2O5S. The summed E-state index contributed by atoms with van der Waals surface area (Å²) in [5.74, 6) is -0.674. The van der Waals surface area contributed by atoms with E-state index in [9.17, 15) is 31.5 Å². The van der Waals surface area contributed by atoms with E-state index < -0.39 is 32.8 Å². The lowest BCUT2D eigenvalue weighted by Crippen LogP contribution is -2.27.